The van der Waals surface area contributed by atoms with E-state index in [0.717, 1.165) is 16.5 Å². The molecule has 3 aromatic rings. The first-order valence-corrected chi connectivity index (χ1v) is 9.39. The number of carbonyl (C=O) groups is 1. The Morgan fingerprint density at radius 3 is 2.92 bits per heavy atom. The van der Waals surface area contributed by atoms with Gasteiger partial charge in [0.2, 0.25) is 5.91 Å². The zero-order valence-corrected chi connectivity index (χ0v) is 15.2. The minimum atomic E-state index is -0.0200. The third-order valence-electron chi connectivity index (χ3n) is 3.67. The largest absolute Gasteiger partial charge is 0.462 e. The van der Waals surface area contributed by atoms with Crippen LogP contribution in [0.5, 0.6) is 0 Å². The van der Waals surface area contributed by atoms with Gasteiger partial charge in [-0.1, -0.05) is 0 Å². The Bertz CT molecular complexity index is 764. The summed E-state index contributed by atoms with van der Waals surface area (Å²) in [6.45, 7) is 0.581. The number of carbonyl (C=O) groups excluding carboxylic acids is 1. The van der Waals surface area contributed by atoms with Gasteiger partial charge in [0.1, 0.15) is 0 Å². The summed E-state index contributed by atoms with van der Waals surface area (Å²) in [5, 5.41) is 9.88. The first-order chi connectivity index (χ1) is 11.6. The normalized spacial score (nSPS) is 12.5. The molecule has 3 heterocycles. The molecule has 5 nitrogen and oxygen atoms in total. The van der Waals surface area contributed by atoms with Crippen molar-refractivity contribution in [3.8, 4) is 10.8 Å². The lowest BCUT2D eigenvalue weighted by Crippen LogP contribution is -2.35. The monoisotopic (exact) mass is 361 g/mol. The van der Waals surface area contributed by atoms with Crippen LogP contribution in [-0.4, -0.2) is 36.4 Å². The summed E-state index contributed by atoms with van der Waals surface area (Å²) in [6, 6.07) is 5.96. The van der Waals surface area contributed by atoms with E-state index in [2.05, 4.69) is 32.0 Å². The fraction of sp³-hybridized carbons (Fsp3) is 0.294. The number of thiazole rings is 1. The standard InChI is InChI=1S/C17H19N3O2S2/c1-20(2)14(12-5-7-23-10-12)9-18-16(21)8-13-11-24-17(19-13)15-4-3-6-22-15/h3-7,10-11,14H,8-9H2,1-2H3,(H,18,21)/t14-/m1/s1. The molecular formula is C17H19N3O2S2. The highest BCUT2D eigenvalue weighted by Gasteiger charge is 2.16. The van der Waals surface area contributed by atoms with Gasteiger partial charge in [0.05, 0.1) is 24.4 Å². The SMILES string of the molecule is CN(C)[C@H](CNC(=O)Cc1csc(-c2ccco2)n1)c1ccsc1. The first-order valence-electron chi connectivity index (χ1n) is 7.57. The highest BCUT2D eigenvalue weighted by molar-refractivity contribution is 7.13. The summed E-state index contributed by atoms with van der Waals surface area (Å²) >= 11 is 3.15. The van der Waals surface area contributed by atoms with E-state index in [-0.39, 0.29) is 18.4 Å². The topological polar surface area (TPSA) is 58.4 Å². The van der Waals surface area contributed by atoms with Gasteiger partial charge in [0.15, 0.2) is 10.8 Å². The van der Waals surface area contributed by atoms with Gasteiger partial charge in [0.25, 0.3) is 0 Å². The molecule has 1 N–H and O–H groups in total. The predicted octanol–water partition coefficient (Wildman–Crippen LogP) is 3.43. The summed E-state index contributed by atoms with van der Waals surface area (Å²) in [7, 11) is 4.04. The van der Waals surface area contributed by atoms with Crippen LogP contribution in [0.1, 0.15) is 17.3 Å². The van der Waals surface area contributed by atoms with Crippen molar-refractivity contribution in [1.82, 2.24) is 15.2 Å². The molecule has 24 heavy (non-hydrogen) atoms. The van der Waals surface area contributed by atoms with E-state index in [1.807, 2.05) is 31.6 Å². The minimum Gasteiger partial charge on any atom is -0.462 e. The quantitative estimate of drug-likeness (QED) is 0.700. The number of likely N-dealkylation sites (N-methyl/N-ethyl adjacent to an activating group) is 1. The Labute approximate surface area is 149 Å². The third kappa shape index (κ3) is 4.11. The highest BCUT2D eigenvalue weighted by atomic mass is 32.1. The van der Waals surface area contributed by atoms with Crippen molar-refractivity contribution in [3.05, 3.63) is 51.9 Å². The van der Waals surface area contributed by atoms with Crippen LogP contribution in [0.4, 0.5) is 0 Å². The Morgan fingerprint density at radius 2 is 2.25 bits per heavy atom. The van der Waals surface area contributed by atoms with Crippen LogP contribution in [-0.2, 0) is 11.2 Å². The number of nitrogens with zero attached hydrogens (tertiary/aromatic N) is 2. The Hall–Kier alpha value is -1.96. The molecule has 3 aromatic heterocycles. The van der Waals surface area contributed by atoms with E-state index in [9.17, 15) is 4.79 Å². The molecule has 0 saturated carbocycles. The number of hydrogen-bond donors (Lipinski definition) is 1. The Morgan fingerprint density at radius 1 is 1.38 bits per heavy atom. The van der Waals surface area contributed by atoms with Crippen LogP contribution in [0.2, 0.25) is 0 Å². The number of aromatic nitrogens is 1. The second-order valence-electron chi connectivity index (χ2n) is 5.64. The summed E-state index contributed by atoms with van der Waals surface area (Å²) in [5.41, 5.74) is 1.99. The molecule has 0 unspecified atom stereocenters. The molecule has 126 valence electrons. The van der Waals surface area contributed by atoms with Gasteiger partial charge in [-0.15, -0.1) is 11.3 Å². The lowest BCUT2D eigenvalue weighted by atomic mass is 10.1. The Kier molecular flexibility index (Phi) is 5.44. The maximum absolute atomic E-state index is 12.2. The maximum Gasteiger partial charge on any atom is 0.226 e. The van der Waals surface area contributed by atoms with Gasteiger partial charge in [-0.3, -0.25) is 4.79 Å². The zero-order valence-electron chi connectivity index (χ0n) is 13.6. The summed E-state index contributed by atoms with van der Waals surface area (Å²) < 4.78 is 5.33. The number of hydrogen-bond acceptors (Lipinski definition) is 6. The van der Waals surface area contributed by atoms with E-state index in [4.69, 9.17) is 4.42 Å². The first kappa shape index (κ1) is 16.9. The molecule has 0 aromatic carbocycles. The number of amides is 1. The van der Waals surface area contributed by atoms with Crippen molar-refractivity contribution in [2.75, 3.05) is 20.6 Å². The van der Waals surface area contributed by atoms with Gasteiger partial charge in [0, 0.05) is 11.9 Å². The molecular weight excluding hydrogens is 342 g/mol. The minimum absolute atomic E-state index is 0.0200. The Balaban J connectivity index is 1.56. The van der Waals surface area contributed by atoms with Crippen LogP contribution in [0.15, 0.2) is 45.0 Å². The zero-order chi connectivity index (χ0) is 16.9. The molecule has 0 spiro atoms. The lowest BCUT2D eigenvalue weighted by molar-refractivity contribution is -0.120. The highest BCUT2D eigenvalue weighted by Crippen LogP contribution is 2.24. The van der Waals surface area contributed by atoms with Crippen molar-refractivity contribution < 1.29 is 9.21 Å². The molecule has 1 atom stereocenters. The summed E-state index contributed by atoms with van der Waals surface area (Å²) in [5.74, 6) is 0.713. The van der Waals surface area contributed by atoms with Crippen LogP contribution >= 0.6 is 22.7 Å². The predicted molar refractivity (Wildman–Crippen MR) is 97.3 cm³/mol. The van der Waals surface area contributed by atoms with Crippen molar-refractivity contribution >= 4 is 28.6 Å². The van der Waals surface area contributed by atoms with Gasteiger partial charge < -0.3 is 14.6 Å². The van der Waals surface area contributed by atoms with Crippen LogP contribution < -0.4 is 5.32 Å². The third-order valence-corrected chi connectivity index (χ3v) is 5.28. The van der Waals surface area contributed by atoms with Gasteiger partial charge in [-0.25, -0.2) is 4.98 Å². The molecule has 1 amide bonds. The molecule has 0 aliphatic heterocycles. The maximum atomic E-state index is 12.2. The van der Waals surface area contributed by atoms with Crippen LogP contribution in [0.25, 0.3) is 10.8 Å². The molecule has 7 heteroatoms. The van der Waals surface area contributed by atoms with E-state index in [1.54, 1.807) is 17.6 Å². The van der Waals surface area contributed by atoms with Crippen molar-refractivity contribution in [2.45, 2.75) is 12.5 Å². The van der Waals surface area contributed by atoms with E-state index >= 15 is 0 Å². The fourth-order valence-electron chi connectivity index (χ4n) is 2.40. The average molecular weight is 361 g/mol. The average Bonchev–Trinajstić information content (AvgIpc) is 3.29. The summed E-state index contributed by atoms with van der Waals surface area (Å²) in [4.78, 5) is 18.8. The van der Waals surface area contributed by atoms with Gasteiger partial charge >= 0.3 is 0 Å². The van der Waals surface area contributed by atoms with Crippen LogP contribution in [0.3, 0.4) is 0 Å². The van der Waals surface area contributed by atoms with Crippen LogP contribution in [0, 0.1) is 0 Å². The molecule has 0 saturated heterocycles. The number of rotatable bonds is 7. The molecule has 0 aliphatic rings. The number of nitrogens with one attached hydrogen (secondary N) is 1. The smallest absolute Gasteiger partial charge is 0.226 e. The number of thiophene rings is 1. The van der Waals surface area contributed by atoms with Crippen molar-refractivity contribution in [2.24, 2.45) is 0 Å². The summed E-state index contributed by atoms with van der Waals surface area (Å²) in [6.07, 6.45) is 1.90. The van der Waals surface area contributed by atoms with E-state index in [0.29, 0.717) is 6.54 Å². The van der Waals surface area contributed by atoms with Crippen molar-refractivity contribution in [1.29, 1.82) is 0 Å². The number of furan rings is 1. The molecule has 0 fully saturated rings. The molecule has 0 aliphatic carbocycles. The second kappa shape index (κ2) is 7.74. The van der Waals surface area contributed by atoms with Gasteiger partial charge in [-0.05, 0) is 48.6 Å². The lowest BCUT2D eigenvalue weighted by Gasteiger charge is -2.23. The molecule has 0 radical (unpaired) electrons. The molecule has 0 bridgehead atoms. The van der Waals surface area contributed by atoms with E-state index in [1.165, 1.54) is 16.9 Å². The van der Waals surface area contributed by atoms with Crippen molar-refractivity contribution in [3.63, 3.8) is 0 Å². The van der Waals surface area contributed by atoms with E-state index < -0.39 is 0 Å². The fourth-order valence-corrected chi connectivity index (χ4v) is 3.90. The van der Waals surface area contributed by atoms with Gasteiger partial charge in [-0.2, -0.15) is 11.3 Å². The molecule has 3 rings (SSSR count). The second-order valence-corrected chi connectivity index (χ2v) is 7.28.